The van der Waals surface area contributed by atoms with Crippen molar-refractivity contribution in [1.82, 2.24) is 4.90 Å². The highest BCUT2D eigenvalue weighted by Crippen LogP contribution is 2.39. The van der Waals surface area contributed by atoms with Gasteiger partial charge in [-0.1, -0.05) is 18.2 Å². The Morgan fingerprint density at radius 3 is 2.68 bits per heavy atom. The van der Waals surface area contributed by atoms with Gasteiger partial charge in [0.2, 0.25) is 5.91 Å². The quantitative estimate of drug-likeness (QED) is 0.728. The maximum absolute atomic E-state index is 12.8. The molecule has 1 heterocycles. The standard InChI is InChI=1S/C20H23NO3S/c1-23-15-10-11-19(24-2)17(13-15)18-9-6-12-21(18)20(22)14-25-16-7-4-3-5-8-16/h3-5,7-8,10-11,13,18H,6,9,12,14H2,1-2H3. The summed E-state index contributed by atoms with van der Waals surface area (Å²) in [6.45, 7) is 0.791. The van der Waals surface area contributed by atoms with Crippen LogP contribution in [0.4, 0.5) is 0 Å². The molecule has 0 bridgehead atoms. The molecule has 4 nitrogen and oxygen atoms in total. The molecule has 1 unspecified atom stereocenters. The Morgan fingerprint density at radius 2 is 1.96 bits per heavy atom. The van der Waals surface area contributed by atoms with Gasteiger partial charge >= 0.3 is 0 Å². The number of amides is 1. The first kappa shape index (κ1) is 17.7. The molecule has 0 radical (unpaired) electrons. The summed E-state index contributed by atoms with van der Waals surface area (Å²) in [6.07, 6.45) is 1.96. The smallest absolute Gasteiger partial charge is 0.233 e. The number of nitrogens with zero attached hydrogens (tertiary/aromatic N) is 1. The maximum atomic E-state index is 12.8. The van der Waals surface area contributed by atoms with E-state index in [1.165, 1.54) is 0 Å². The second-order valence-corrected chi connectivity index (χ2v) is 7.00. The molecule has 1 amide bonds. The van der Waals surface area contributed by atoms with Crippen molar-refractivity contribution >= 4 is 17.7 Å². The number of hydrogen-bond donors (Lipinski definition) is 0. The van der Waals surface area contributed by atoms with Crippen molar-refractivity contribution in [2.45, 2.75) is 23.8 Å². The molecule has 2 aromatic rings. The van der Waals surface area contributed by atoms with Crippen molar-refractivity contribution in [1.29, 1.82) is 0 Å². The fraction of sp³-hybridized carbons (Fsp3) is 0.350. The minimum Gasteiger partial charge on any atom is -0.497 e. The van der Waals surface area contributed by atoms with Gasteiger partial charge in [-0.05, 0) is 43.2 Å². The van der Waals surface area contributed by atoms with Crippen molar-refractivity contribution in [3.63, 3.8) is 0 Å². The monoisotopic (exact) mass is 357 g/mol. The van der Waals surface area contributed by atoms with Crippen LogP contribution in [0.5, 0.6) is 11.5 Å². The van der Waals surface area contributed by atoms with E-state index in [2.05, 4.69) is 0 Å². The van der Waals surface area contributed by atoms with Crippen LogP contribution in [-0.4, -0.2) is 37.3 Å². The summed E-state index contributed by atoms with van der Waals surface area (Å²) >= 11 is 1.58. The van der Waals surface area contributed by atoms with Crippen molar-refractivity contribution in [3.8, 4) is 11.5 Å². The third-order valence-corrected chi connectivity index (χ3v) is 5.47. The lowest BCUT2D eigenvalue weighted by atomic mass is 10.0. The Hall–Kier alpha value is -2.14. The molecular formula is C20H23NO3S. The summed E-state index contributed by atoms with van der Waals surface area (Å²) in [5.41, 5.74) is 1.03. The molecule has 1 saturated heterocycles. The Morgan fingerprint density at radius 1 is 1.16 bits per heavy atom. The normalized spacial score (nSPS) is 16.7. The minimum atomic E-state index is 0.0499. The van der Waals surface area contributed by atoms with Gasteiger partial charge in [-0.15, -0.1) is 11.8 Å². The lowest BCUT2D eigenvalue weighted by Crippen LogP contribution is -2.32. The van der Waals surface area contributed by atoms with Crippen LogP contribution in [-0.2, 0) is 4.79 Å². The molecule has 0 aliphatic carbocycles. The molecule has 1 aliphatic heterocycles. The summed E-state index contributed by atoms with van der Waals surface area (Å²) in [7, 11) is 3.32. The van der Waals surface area contributed by atoms with Gasteiger partial charge in [0, 0.05) is 17.0 Å². The van der Waals surface area contributed by atoms with E-state index in [4.69, 9.17) is 9.47 Å². The Kier molecular flexibility index (Phi) is 5.87. The van der Waals surface area contributed by atoms with Crippen LogP contribution in [0.15, 0.2) is 53.4 Å². The van der Waals surface area contributed by atoms with E-state index >= 15 is 0 Å². The van der Waals surface area contributed by atoms with Crippen LogP contribution in [0.3, 0.4) is 0 Å². The molecule has 0 aromatic heterocycles. The largest absolute Gasteiger partial charge is 0.497 e. The van der Waals surface area contributed by atoms with Crippen LogP contribution >= 0.6 is 11.8 Å². The highest BCUT2D eigenvalue weighted by atomic mass is 32.2. The van der Waals surface area contributed by atoms with Crippen LogP contribution in [0.25, 0.3) is 0 Å². The molecular weight excluding hydrogens is 334 g/mol. The highest BCUT2D eigenvalue weighted by molar-refractivity contribution is 8.00. The molecule has 25 heavy (non-hydrogen) atoms. The average Bonchev–Trinajstić information content (AvgIpc) is 3.16. The zero-order valence-electron chi connectivity index (χ0n) is 14.6. The molecule has 0 N–H and O–H groups in total. The molecule has 3 rings (SSSR count). The predicted molar refractivity (Wildman–Crippen MR) is 100 cm³/mol. The lowest BCUT2D eigenvalue weighted by molar-refractivity contribution is -0.129. The zero-order chi connectivity index (χ0) is 17.6. The first-order valence-corrected chi connectivity index (χ1v) is 9.40. The van der Waals surface area contributed by atoms with Gasteiger partial charge in [0.1, 0.15) is 11.5 Å². The fourth-order valence-electron chi connectivity index (χ4n) is 3.23. The first-order valence-electron chi connectivity index (χ1n) is 8.42. The molecule has 132 valence electrons. The number of hydrogen-bond acceptors (Lipinski definition) is 4. The molecule has 1 atom stereocenters. The van der Waals surface area contributed by atoms with Crippen molar-refractivity contribution in [2.75, 3.05) is 26.5 Å². The van der Waals surface area contributed by atoms with E-state index in [9.17, 15) is 4.79 Å². The second-order valence-electron chi connectivity index (χ2n) is 5.95. The van der Waals surface area contributed by atoms with E-state index in [1.54, 1.807) is 26.0 Å². The van der Waals surface area contributed by atoms with Gasteiger partial charge in [0.15, 0.2) is 0 Å². The van der Waals surface area contributed by atoms with Crippen molar-refractivity contribution < 1.29 is 14.3 Å². The number of methoxy groups -OCH3 is 2. The van der Waals surface area contributed by atoms with Gasteiger partial charge < -0.3 is 14.4 Å². The predicted octanol–water partition coefficient (Wildman–Crippen LogP) is 4.16. The Bertz CT molecular complexity index is 720. The zero-order valence-corrected chi connectivity index (χ0v) is 15.4. The van der Waals surface area contributed by atoms with Crippen molar-refractivity contribution in [3.05, 3.63) is 54.1 Å². The summed E-state index contributed by atoms with van der Waals surface area (Å²) < 4.78 is 10.9. The van der Waals surface area contributed by atoms with Gasteiger partial charge in [0.05, 0.1) is 26.0 Å². The number of ether oxygens (including phenoxy) is 2. The van der Waals surface area contributed by atoms with E-state index in [1.807, 2.05) is 53.4 Å². The third-order valence-electron chi connectivity index (χ3n) is 4.47. The summed E-state index contributed by atoms with van der Waals surface area (Å²) in [4.78, 5) is 15.9. The van der Waals surface area contributed by atoms with E-state index in [-0.39, 0.29) is 11.9 Å². The highest BCUT2D eigenvalue weighted by Gasteiger charge is 2.32. The van der Waals surface area contributed by atoms with Crippen LogP contribution < -0.4 is 9.47 Å². The maximum Gasteiger partial charge on any atom is 0.233 e. The topological polar surface area (TPSA) is 38.8 Å². The average molecular weight is 357 g/mol. The molecule has 5 heteroatoms. The number of thioether (sulfide) groups is 1. The number of likely N-dealkylation sites (tertiary alicyclic amines) is 1. The Balaban J connectivity index is 1.75. The SMILES string of the molecule is COc1ccc(OC)c(C2CCCN2C(=O)CSc2ccccc2)c1. The number of rotatable bonds is 6. The number of benzene rings is 2. The third kappa shape index (κ3) is 4.10. The van der Waals surface area contributed by atoms with Crippen molar-refractivity contribution in [2.24, 2.45) is 0 Å². The number of carbonyl (C=O) groups is 1. The molecule has 2 aromatic carbocycles. The van der Waals surface area contributed by atoms with Gasteiger partial charge in [0.25, 0.3) is 0 Å². The molecule has 1 aliphatic rings. The first-order chi connectivity index (χ1) is 12.2. The van der Waals surface area contributed by atoms with Crippen LogP contribution in [0.2, 0.25) is 0 Å². The summed E-state index contributed by atoms with van der Waals surface area (Å²) in [5.74, 6) is 2.21. The Labute approximate surface area is 153 Å². The molecule has 1 fully saturated rings. The number of carbonyl (C=O) groups excluding carboxylic acids is 1. The van der Waals surface area contributed by atoms with E-state index in [0.29, 0.717) is 5.75 Å². The van der Waals surface area contributed by atoms with Gasteiger partial charge in [-0.25, -0.2) is 0 Å². The summed E-state index contributed by atoms with van der Waals surface area (Å²) in [6, 6.07) is 15.9. The second kappa shape index (κ2) is 8.30. The van der Waals surface area contributed by atoms with Crippen LogP contribution in [0, 0.1) is 0 Å². The lowest BCUT2D eigenvalue weighted by Gasteiger charge is -2.26. The van der Waals surface area contributed by atoms with Gasteiger partial charge in [-0.2, -0.15) is 0 Å². The minimum absolute atomic E-state index is 0.0499. The van der Waals surface area contributed by atoms with Crippen LogP contribution in [0.1, 0.15) is 24.4 Å². The van der Waals surface area contributed by atoms with Gasteiger partial charge in [-0.3, -0.25) is 4.79 Å². The fourth-order valence-corrected chi connectivity index (χ4v) is 4.04. The summed E-state index contributed by atoms with van der Waals surface area (Å²) in [5, 5.41) is 0. The molecule has 0 saturated carbocycles. The van der Waals surface area contributed by atoms with E-state index < -0.39 is 0 Å². The molecule has 0 spiro atoms. The van der Waals surface area contributed by atoms with E-state index in [0.717, 1.165) is 41.3 Å².